The monoisotopic (exact) mass is 283 g/mol. The second kappa shape index (κ2) is 4.96. The summed E-state index contributed by atoms with van der Waals surface area (Å²) in [5.41, 5.74) is 2.00. The Bertz CT molecular complexity index is 725. The first-order chi connectivity index (χ1) is 10.3. The van der Waals surface area contributed by atoms with Crippen LogP contribution in [0.25, 0.3) is 11.0 Å². The summed E-state index contributed by atoms with van der Waals surface area (Å²) in [5.74, 6) is 3.19. The molecule has 0 spiro atoms. The molecule has 6 nitrogen and oxygen atoms in total. The minimum absolute atomic E-state index is 0.308. The highest BCUT2D eigenvalue weighted by molar-refractivity contribution is 5.74. The summed E-state index contributed by atoms with van der Waals surface area (Å²) in [7, 11) is 0. The summed E-state index contributed by atoms with van der Waals surface area (Å²) < 4.78 is 5.40. The first kappa shape index (κ1) is 12.5. The summed E-state index contributed by atoms with van der Waals surface area (Å²) in [6, 6.07) is 7.97. The van der Waals surface area contributed by atoms with Crippen LogP contribution in [0.15, 0.2) is 28.8 Å². The van der Waals surface area contributed by atoms with E-state index in [-0.39, 0.29) is 0 Å². The molecule has 3 heterocycles. The number of aromatic nitrogens is 4. The molecular formula is C15H17N5O. The van der Waals surface area contributed by atoms with E-state index in [9.17, 15) is 0 Å². The quantitative estimate of drug-likeness (QED) is 0.764. The van der Waals surface area contributed by atoms with Crippen molar-refractivity contribution in [3.8, 4) is 0 Å². The highest BCUT2D eigenvalue weighted by Gasteiger charge is 2.28. The Balaban J connectivity index is 1.52. The summed E-state index contributed by atoms with van der Waals surface area (Å²) in [5, 5.41) is 7.35. The van der Waals surface area contributed by atoms with Gasteiger partial charge in [-0.25, -0.2) is 4.98 Å². The molecule has 2 aromatic heterocycles. The standard InChI is InChI=1S/C15H17N5O/c1-9(10-7-16-8-10)15-19-14(20-21-15)6-13-17-11-4-2-3-5-12(11)18-13/h2-5,9-10,16H,6-8H2,1H3,(H,17,18). The normalized spacial score (nSPS) is 17.0. The maximum absolute atomic E-state index is 5.40. The minimum Gasteiger partial charge on any atom is -0.342 e. The summed E-state index contributed by atoms with van der Waals surface area (Å²) in [4.78, 5) is 12.3. The van der Waals surface area contributed by atoms with Crippen molar-refractivity contribution in [2.24, 2.45) is 5.92 Å². The molecule has 6 heteroatoms. The van der Waals surface area contributed by atoms with Crippen LogP contribution in [0.2, 0.25) is 0 Å². The van der Waals surface area contributed by atoms with Crippen LogP contribution >= 0.6 is 0 Å². The Hall–Kier alpha value is -2.21. The van der Waals surface area contributed by atoms with Gasteiger partial charge >= 0.3 is 0 Å². The molecule has 0 radical (unpaired) electrons. The molecule has 1 aliphatic rings. The molecule has 1 unspecified atom stereocenters. The van der Waals surface area contributed by atoms with Crippen molar-refractivity contribution in [1.29, 1.82) is 0 Å². The number of rotatable bonds is 4. The lowest BCUT2D eigenvalue weighted by molar-refractivity contribution is 0.252. The fourth-order valence-corrected chi connectivity index (χ4v) is 2.63. The molecule has 3 aromatic rings. The molecule has 1 saturated heterocycles. The summed E-state index contributed by atoms with van der Waals surface area (Å²) in [6.45, 7) is 4.20. The number of aromatic amines is 1. The summed E-state index contributed by atoms with van der Waals surface area (Å²) >= 11 is 0. The molecular weight excluding hydrogens is 266 g/mol. The number of para-hydroxylation sites is 2. The van der Waals surface area contributed by atoms with E-state index in [0.717, 1.165) is 35.8 Å². The Morgan fingerprint density at radius 3 is 2.90 bits per heavy atom. The van der Waals surface area contributed by atoms with E-state index < -0.39 is 0 Å². The molecule has 0 amide bonds. The van der Waals surface area contributed by atoms with E-state index in [0.29, 0.717) is 24.1 Å². The number of H-pyrrole nitrogens is 1. The van der Waals surface area contributed by atoms with Crippen molar-refractivity contribution >= 4 is 11.0 Å². The molecule has 0 bridgehead atoms. The molecule has 108 valence electrons. The second-order valence-electron chi connectivity index (χ2n) is 5.63. The van der Waals surface area contributed by atoms with Crippen LogP contribution in [0, 0.1) is 5.92 Å². The fourth-order valence-electron chi connectivity index (χ4n) is 2.63. The molecule has 0 saturated carbocycles. The van der Waals surface area contributed by atoms with Crippen LogP contribution < -0.4 is 5.32 Å². The lowest BCUT2D eigenvalue weighted by Gasteiger charge is -2.30. The Labute approximate surface area is 122 Å². The Morgan fingerprint density at radius 1 is 1.29 bits per heavy atom. The minimum atomic E-state index is 0.308. The Kier molecular flexibility index (Phi) is 2.96. The van der Waals surface area contributed by atoms with E-state index in [1.807, 2.05) is 24.3 Å². The van der Waals surface area contributed by atoms with Gasteiger partial charge in [-0.15, -0.1) is 0 Å². The largest absolute Gasteiger partial charge is 0.342 e. The third-order valence-electron chi connectivity index (χ3n) is 4.16. The SMILES string of the molecule is CC(c1nc(Cc2nc3ccccc3[nH]2)no1)C1CNC1. The third-order valence-corrected chi connectivity index (χ3v) is 4.16. The van der Waals surface area contributed by atoms with E-state index in [1.165, 1.54) is 0 Å². The molecule has 4 rings (SSSR count). The van der Waals surface area contributed by atoms with Crippen LogP contribution in [0.5, 0.6) is 0 Å². The van der Waals surface area contributed by atoms with Crippen molar-refractivity contribution in [2.45, 2.75) is 19.3 Å². The average molecular weight is 283 g/mol. The number of fused-ring (bicyclic) bond motifs is 1. The number of nitrogens with zero attached hydrogens (tertiary/aromatic N) is 3. The molecule has 1 atom stereocenters. The number of hydrogen-bond donors (Lipinski definition) is 2. The molecule has 1 aromatic carbocycles. The second-order valence-corrected chi connectivity index (χ2v) is 5.63. The van der Waals surface area contributed by atoms with Crippen molar-refractivity contribution in [2.75, 3.05) is 13.1 Å². The van der Waals surface area contributed by atoms with Gasteiger partial charge in [-0.05, 0) is 31.1 Å². The molecule has 21 heavy (non-hydrogen) atoms. The first-order valence-corrected chi connectivity index (χ1v) is 7.26. The number of benzene rings is 1. The molecule has 1 aliphatic heterocycles. The first-order valence-electron chi connectivity index (χ1n) is 7.26. The van der Waals surface area contributed by atoms with Crippen LogP contribution in [0.1, 0.15) is 30.4 Å². The summed E-state index contributed by atoms with van der Waals surface area (Å²) in [6.07, 6.45) is 0.563. The van der Waals surface area contributed by atoms with Crippen LogP contribution in [-0.4, -0.2) is 33.2 Å². The van der Waals surface area contributed by atoms with Crippen LogP contribution in [0.3, 0.4) is 0 Å². The number of nitrogens with one attached hydrogen (secondary N) is 2. The topological polar surface area (TPSA) is 79.6 Å². The highest BCUT2D eigenvalue weighted by atomic mass is 16.5. The Morgan fingerprint density at radius 2 is 2.14 bits per heavy atom. The van der Waals surface area contributed by atoms with Gasteiger partial charge in [-0.2, -0.15) is 4.98 Å². The molecule has 0 aliphatic carbocycles. The maximum Gasteiger partial charge on any atom is 0.229 e. The third kappa shape index (κ3) is 2.31. The van der Waals surface area contributed by atoms with Crippen molar-refractivity contribution < 1.29 is 4.52 Å². The van der Waals surface area contributed by atoms with E-state index in [1.54, 1.807) is 0 Å². The molecule has 2 N–H and O–H groups in total. The van der Waals surface area contributed by atoms with Crippen molar-refractivity contribution in [3.63, 3.8) is 0 Å². The number of hydrogen-bond acceptors (Lipinski definition) is 5. The van der Waals surface area contributed by atoms with Crippen LogP contribution in [-0.2, 0) is 6.42 Å². The number of imidazole rings is 1. The van der Waals surface area contributed by atoms with Gasteiger partial charge in [-0.3, -0.25) is 0 Å². The lowest BCUT2D eigenvalue weighted by Crippen LogP contribution is -2.44. The van der Waals surface area contributed by atoms with Gasteiger partial charge in [0.25, 0.3) is 0 Å². The van der Waals surface area contributed by atoms with Gasteiger partial charge in [0.05, 0.1) is 17.5 Å². The van der Waals surface area contributed by atoms with E-state index >= 15 is 0 Å². The van der Waals surface area contributed by atoms with Gasteiger partial charge in [0, 0.05) is 5.92 Å². The predicted octanol–water partition coefficient (Wildman–Crippen LogP) is 1.86. The van der Waals surface area contributed by atoms with E-state index in [4.69, 9.17) is 4.52 Å². The fraction of sp³-hybridized carbons (Fsp3) is 0.400. The van der Waals surface area contributed by atoms with Gasteiger partial charge in [-0.1, -0.05) is 24.2 Å². The highest BCUT2D eigenvalue weighted by Crippen LogP contribution is 2.25. The smallest absolute Gasteiger partial charge is 0.229 e. The van der Waals surface area contributed by atoms with Crippen molar-refractivity contribution in [3.05, 3.63) is 41.8 Å². The predicted molar refractivity (Wildman–Crippen MR) is 78.0 cm³/mol. The zero-order valence-electron chi connectivity index (χ0n) is 11.8. The van der Waals surface area contributed by atoms with Gasteiger partial charge in [0.15, 0.2) is 5.82 Å². The lowest BCUT2D eigenvalue weighted by atomic mass is 9.89. The average Bonchev–Trinajstić information content (AvgIpc) is 3.02. The van der Waals surface area contributed by atoms with E-state index in [2.05, 4.69) is 32.3 Å². The zero-order valence-corrected chi connectivity index (χ0v) is 11.8. The van der Waals surface area contributed by atoms with Gasteiger partial charge in [0.1, 0.15) is 5.82 Å². The molecule has 1 fully saturated rings. The van der Waals surface area contributed by atoms with Crippen LogP contribution in [0.4, 0.5) is 0 Å². The zero-order chi connectivity index (χ0) is 14.2. The van der Waals surface area contributed by atoms with Crippen molar-refractivity contribution in [1.82, 2.24) is 25.4 Å². The van der Waals surface area contributed by atoms with Gasteiger partial charge in [0.2, 0.25) is 5.89 Å². The maximum atomic E-state index is 5.40. The van der Waals surface area contributed by atoms with Gasteiger partial charge < -0.3 is 14.8 Å².